The van der Waals surface area contributed by atoms with Gasteiger partial charge < -0.3 is 10.2 Å². The van der Waals surface area contributed by atoms with Crippen LogP contribution in [0.1, 0.15) is 33.1 Å². The Bertz CT molecular complexity index is 224. The quantitative estimate of drug-likeness (QED) is 0.764. The second kappa shape index (κ2) is 5.48. The average molecular weight is 209 g/mol. The second-order valence-electron chi connectivity index (χ2n) is 5.21. The van der Waals surface area contributed by atoms with E-state index in [2.05, 4.69) is 23.3 Å². The monoisotopic (exact) mass is 209 g/mol. The highest BCUT2D eigenvalue weighted by molar-refractivity contribution is 4.92. The summed E-state index contributed by atoms with van der Waals surface area (Å²) in [5.74, 6) is 0. The van der Waals surface area contributed by atoms with Gasteiger partial charge in [-0.3, -0.25) is 0 Å². The molecule has 0 aromatic carbocycles. The predicted octanol–water partition coefficient (Wildman–Crippen LogP) is 1.61. The second-order valence-corrected chi connectivity index (χ2v) is 5.21. The minimum atomic E-state index is -0.179. The summed E-state index contributed by atoms with van der Waals surface area (Å²) in [6.45, 7) is 7.34. The molecule has 86 valence electrons. The Morgan fingerprint density at radius 3 is 2.53 bits per heavy atom. The average Bonchev–Trinajstić information content (AvgIpc) is 2.27. The largest absolute Gasteiger partial charge is 0.317 e. The zero-order valence-corrected chi connectivity index (χ0v) is 10.2. The van der Waals surface area contributed by atoms with Crippen molar-refractivity contribution >= 4 is 0 Å². The molecule has 1 saturated heterocycles. The highest BCUT2D eigenvalue weighted by atomic mass is 15.1. The molecule has 1 aliphatic heterocycles. The van der Waals surface area contributed by atoms with Gasteiger partial charge in [-0.1, -0.05) is 0 Å². The van der Waals surface area contributed by atoms with Gasteiger partial charge in [0.1, 0.15) is 0 Å². The van der Waals surface area contributed by atoms with Crippen molar-refractivity contribution in [3.63, 3.8) is 0 Å². The number of hydrogen-bond acceptors (Lipinski definition) is 3. The van der Waals surface area contributed by atoms with E-state index in [1.165, 1.54) is 12.8 Å². The number of rotatable bonds is 4. The summed E-state index contributed by atoms with van der Waals surface area (Å²) in [5.41, 5.74) is -0.179. The van der Waals surface area contributed by atoms with E-state index in [0.29, 0.717) is 6.04 Å². The van der Waals surface area contributed by atoms with Crippen LogP contribution in [-0.2, 0) is 0 Å². The fourth-order valence-electron chi connectivity index (χ4n) is 1.94. The molecule has 0 aromatic rings. The van der Waals surface area contributed by atoms with Crippen molar-refractivity contribution in [1.29, 1.82) is 5.26 Å². The van der Waals surface area contributed by atoms with E-state index in [0.717, 1.165) is 26.1 Å². The van der Waals surface area contributed by atoms with Crippen LogP contribution >= 0.6 is 0 Å². The van der Waals surface area contributed by atoms with Crippen LogP contribution in [0.3, 0.4) is 0 Å². The zero-order chi connectivity index (χ0) is 11.3. The number of nitriles is 1. The Balaban J connectivity index is 2.29. The molecule has 1 heterocycles. The molecule has 0 saturated carbocycles. The molecule has 0 bridgehead atoms. The maximum atomic E-state index is 8.94. The van der Waals surface area contributed by atoms with Crippen molar-refractivity contribution in [1.82, 2.24) is 10.2 Å². The van der Waals surface area contributed by atoms with Crippen molar-refractivity contribution in [3.05, 3.63) is 0 Å². The van der Waals surface area contributed by atoms with Crippen LogP contribution in [0, 0.1) is 16.7 Å². The summed E-state index contributed by atoms with van der Waals surface area (Å²) in [6.07, 6.45) is 3.44. The molecule has 0 amide bonds. The van der Waals surface area contributed by atoms with Crippen molar-refractivity contribution in [2.24, 2.45) is 5.41 Å². The van der Waals surface area contributed by atoms with E-state index in [9.17, 15) is 0 Å². The zero-order valence-electron chi connectivity index (χ0n) is 10.2. The molecule has 0 atom stereocenters. The lowest BCUT2D eigenvalue weighted by Crippen LogP contribution is -2.42. The van der Waals surface area contributed by atoms with E-state index >= 15 is 0 Å². The minimum absolute atomic E-state index is 0.179. The van der Waals surface area contributed by atoms with Crippen LogP contribution < -0.4 is 5.32 Å². The van der Waals surface area contributed by atoms with E-state index in [1.807, 2.05) is 13.8 Å². The topological polar surface area (TPSA) is 39.1 Å². The van der Waals surface area contributed by atoms with Gasteiger partial charge in [0.2, 0.25) is 0 Å². The molecule has 1 aliphatic rings. The molecule has 0 spiro atoms. The Kier molecular flexibility index (Phi) is 4.56. The number of piperidine rings is 1. The molecule has 0 aliphatic carbocycles. The molecule has 0 unspecified atom stereocenters. The molecule has 0 radical (unpaired) electrons. The Morgan fingerprint density at radius 2 is 2.00 bits per heavy atom. The highest BCUT2D eigenvalue weighted by Crippen LogP contribution is 2.20. The molecule has 1 N–H and O–H groups in total. The maximum Gasteiger partial charge on any atom is 0.0684 e. The maximum absolute atomic E-state index is 8.94. The van der Waals surface area contributed by atoms with Gasteiger partial charge in [0, 0.05) is 6.04 Å². The Hall–Kier alpha value is -0.590. The first-order valence-corrected chi connectivity index (χ1v) is 5.87. The lowest BCUT2D eigenvalue weighted by atomic mass is 9.91. The van der Waals surface area contributed by atoms with Gasteiger partial charge in [0.15, 0.2) is 0 Å². The standard InChI is InChI=1S/C12H23N3/c1-12(2,10-13)6-9-15(3)11-4-7-14-8-5-11/h11,14H,4-9H2,1-3H3. The first kappa shape index (κ1) is 12.5. The molecular formula is C12H23N3. The fourth-order valence-corrected chi connectivity index (χ4v) is 1.94. The molecule has 1 rings (SSSR count). The Labute approximate surface area is 93.5 Å². The number of hydrogen-bond donors (Lipinski definition) is 1. The first-order chi connectivity index (χ1) is 7.05. The van der Waals surface area contributed by atoms with Crippen molar-refractivity contribution in [2.45, 2.75) is 39.2 Å². The SMILES string of the molecule is CN(CCC(C)(C)C#N)C1CCNCC1. The third-order valence-corrected chi connectivity index (χ3v) is 3.32. The van der Waals surface area contributed by atoms with Crippen LogP contribution in [0.5, 0.6) is 0 Å². The molecular weight excluding hydrogens is 186 g/mol. The van der Waals surface area contributed by atoms with Gasteiger partial charge in [-0.05, 0) is 59.8 Å². The molecule has 0 aromatic heterocycles. The predicted molar refractivity (Wildman–Crippen MR) is 62.5 cm³/mol. The van der Waals surface area contributed by atoms with Crippen molar-refractivity contribution in [2.75, 3.05) is 26.7 Å². The molecule has 15 heavy (non-hydrogen) atoms. The van der Waals surface area contributed by atoms with Crippen molar-refractivity contribution in [3.8, 4) is 6.07 Å². The van der Waals surface area contributed by atoms with E-state index in [1.54, 1.807) is 0 Å². The highest BCUT2D eigenvalue weighted by Gasteiger charge is 2.21. The number of nitrogens with one attached hydrogen (secondary N) is 1. The summed E-state index contributed by atoms with van der Waals surface area (Å²) in [7, 11) is 2.18. The summed E-state index contributed by atoms with van der Waals surface area (Å²) < 4.78 is 0. The van der Waals surface area contributed by atoms with Crippen LogP contribution in [0.2, 0.25) is 0 Å². The summed E-state index contributed by atoms with van der Waals surface area (Å²) >= 11 is 0. The van der Waals surface area contributed by atoms with Crippen LogP contribution in [0.25, 0.3) is 0 Å². The summed E-state index contributed by atoms with van der Waals surface area (Å²) in [4.78, 5) is 2.42. The lowest BCUT2D eigenvalue weighted by Gasteiger charge is -2.32. The van der Waals surface area contributed by atoms with Gasteiger partial charge in [0.25, 0.3) is 0 Å². The smallest absolute Gasteiger partial charge is 0.0684 e. The fraction of sp³-hybridized carbons (Fsp3) is 0.917. The van der Waals surface area contributed by atoms with E-state index < -0.39 is 0 Å². The minimum Gasteiger partial charge on any atom is -0.317 e. The van der Waals surface area contributed by atoms with Crippen molar-refractivity contribution < 1.29 is 0 Å². The van der Waals surface area contributed by atoms with Gasteiger partial charge in [-0.2, -0.15) is 5.26 Å². The molecule has 3 heteroatoms. The van der Waals surface area contributed by atoms with Gasteiger partial charge in [0.05, 0.1) is 11.5 Å². The van der Waals surface area contributed by atoms with Gasteiger partial charge in [-0.25, -0.2) is 0 Å². The normalized spacial score (nSPS) is 19.1. The summed E-state index contributed by atoms with van der Waals surface area (Å²) in [6, 6.07) is 3.07. The third kappa shape index (κ3) is 4.19. The molecule has 3 nitrogen and oxygen atoms in total. The van der Waals surface area contributed by atoms with Crippen LogP contribution in [0.4, 0.5) is 0 Å². The number of nitrogens with zero attached hydrogens (tertiary/aromatic N) is 2. The first-order valence-electron chi connectivity index (χ1n) is 5.87. The van der Waals surface area contributed by atoms with Crippen LogP contribution in [-0.4, -0.2) is 37.6 Å². The Morgan fingerprint density at radius 1 is 1.40 bits per heavy atom. The summed E-state index contributed by atoms with van der Waals surface area (Å²) in [5, 5.41) is 12.3. The van der Waals surface area contributed by atoms with Gasteiger partial charge >= 0.3 is 0 Å². The molecule has 1 fully saturated rings. The van der Waals surface area contributed by atoms with Gasteiger partial charge in [-0.15, -0.1) is 0 Å². The third-order valence-electron chi connectivity index (χ3n) is 3.32. The lowest BCUT2D eigenvalue weighted by molar-refractivity contribution is 0.182. The van der Waals surface area contributed by atoms with Crippen LogP contribution in [0.15, 0.2) is 0 Å². The van der Waals surface area contributed by atoms with E-state index in [4.69, 9.17) is 5.26 Å². The van der Waals surface area contributed by atoms with E-state index in [-0.39, 0.29) is 5.41 Å².